The van der Waals surface area contributed by atoms with E-state index in [1.165, 1.54) is 0 Å². The molecule has 0 radical (unpaired) electrons. The average Bonchev–Trinajstić information content (AvgIpc) is 2.62. The Balaban J connectivity index is 2.48. The van der Waals surface area contributed by atoms with Crippen molar-refractivity contribution in [3.05, 3.63) is 45.8 Å². The molecule has 0 fully saturated rings. The highest BCUT2D eigenvalue weighted by molar-refractivity contribution is 14.1. The second-order valence-corrected chi connectivity index (χ2v) is 4.25. The third kappa shape index (κ3) is 2.21. The molecule has 0 saturated heterocycles. The Hall–Kier alpha value is -0.880. The predicted molar refractivity (Wildman–Crippen MR) is 66.5 cm³/mol. The van der Waals surface area contributed by atoms with Gasteiger partial charge in [-0.05, 0) is 46.3 Å². The van der Waals surface area contributed by atoms with Crippen LogP contribution in [0.15, 0.2) is 36.5 Å². The number of carbonyl (C=O) groups excluding carboxylic acids is 1. The quantitative estimate of drug-likeness (QED) is 0.626. The summed E-state index contributed by atoms with van der Waals surface area (Å²) in [5.41, 5.74) is 1.33. The lowest BCUT2D eigenvalue weighted by Gasteiger charge is -1.98. The van der Waals surface area contributed by atoms with Gasteiger partial charge in [0, 0.05) is 6.20 Å². The van der Waals surface area contributed by atoms with Crippen LogP contribution in [0.5, 0.6) is 0 Å². The topological polar surface area (TPSA) is 34.9 Å². The van der Waals surface area contributed by atoms with Gasteiger partial charge < -0.3 is 0 Å². The summed E-state index contributed by atoms with van der Waals surface area (Å²) in [6.45, 7) is 0. The number of benzene rings is 1. The number of nitrogens with zero attached hydrogens (tertiary/aromatic N) is 2. The fraction of sp³-hybridized carbons (Fsp3) is 0. The van der Waals surface area contributed by atoms with Gasteiger partial charge in [0.15, 0.2) is 0 Å². The maximum atomic E-state index is 11.0. The SMILES string of the molecule is O=C(Cl)c1cn(-c2ccccc2)nc1I. The van der Waals surface area contributed by atoms with Gasteiger partial charge in [-0.1, -0.05) is 18.2 Å². The zero-order valence-electron chi connectivity index (χ0n) is 7.52. The molecule has 0 amide bonds. The molecule has 2 rings (SSSR count). The van der Waals surface area contributed by atoms with Crippen LogP contribution in [0.4, 0.5) is 0 Å². The van der Waals surface area contributed by atoms with Gasteiger partial charge in [0.2, 0.25) is 0 Å². The van der Waals surface area contributed by atoms with E-state index in [1.807, 2.05) is 52.9 Å². The van der Waals surface area contributed by atoms with Gasteiger partial charge in [-0.15, -0.1) is 0 Å². The van der Waals surface area contributed by atoms with Gasteiger partial charge in [0.1, 0.15) is 3.70 Å². The molecule has 0 unspecified atom stereocenters. The van der Waals surface area contributed by atoms with Crippen LogP contribution < -0.4 is 0 Å². The molecular weight excluding hydrogens is 326 g/mol. The Morgan fingerprint density at radius 2 is 2.00 bits per heavy atom. The summed E-state index contributed by atoms with van der Waals surface area (Å²) in [7, 11) is 0. The molecule has 2 aromatic rings. The molecule has 0 spiro atoms. The Labute approximate surface area is 105 Å². The molecule has 0 saturated carbocycles. The van der Waals surface area contributed by atoms with E-state index in [0.717, 1.165) is 5.69 Å². The Kier molecular flexibility index (Phi) is 3.06. The summed E-state index contributed by atoms with van der Waals surface area (Å²) in [5.74, 6) is 0. The first kappa shape index (κ1) is 10.6. The van der Waals surface area contributed by atoms with Gasteiger partial charge in [0.05, 0.1) is 11.3 Å². The van der Waals surface area contributed by atoms with E-state index in [4.69, 9.17) is 11.6 Å². The van der Waals surface area contributed by atoms with Crippen molar-refractivity contribution in [3.63, 3.8) is 0 Å². The van der Waals surface area contributed by atoms with Gasteiger partial charge in [-0.25, -0.2) is 4.68 Å². The van der Waals surface area contributed by atoms with E-state index in [2.05, 4.69) is 5.10 Å². The van der Waals surface area contributed by atoms with Crippen LogP contribution in [0.25, 0.3) is 5.69 Å². The summed E-state index contributed by atoms with van der Waals surface area (Å²) in [6, 6.07) is 9.56. The van der Waals surface area contributed by atoms with Crippen LogP contribution >= 0.6 is 34.2 Å². The lowest BCUT2D eigenvalue weighted by Crippen LogP contribution is -1.93. The number of rotatable bonds is 2. The predicted octanol–water partition coefficient (Wildman–Crippen LogP) is 2.86. The summed E-state index contributed by atoms with van der Waals surface area (Å²) < 4.78 is 2.24. The van der Waals surface area contributed by atoms with Crippen LogP contribution in [0.3, 0.4) is 0 Å². The first-order valence-corrected chi connectivity index (χ1v) is 5.64. The van der Waals surface area contributed by atoms with E-state index in [9.17, 15) is 4.79 Å². The van der Waals surface area contributed by atoms with E-state index in [1.54, 1.807) is 10.9 Å². The minimum atomic E-state index is -0.485. The molecule has 15 heavy (non-hydrogen) atoms. The third-order valence-electron chi connectivity index (χ3n) is 1.90. The van der Waals surface area contributed by atoms with Gasteiger partial charge >= 0.3 is 0 Å². The van der Waals surface area contributed by atoms with Crippen LogP contribution in [0.1, 0.15) is 10.4 Å². The lowest BCUT2D eigenvalue weighted by molar-refractivity contribution is 0.108. The summed E-state index contributed by atoms with van der Waals surface area (Å²) in [6.07, 6.45) is 1.63. The number of aromatic nitrogens is 2. The Morgan fingerprint density at radius 1 is 1.33 bits per heavy atom. The van der Waals surface area contributed by atoms with Crippen LogP contribution in [0.2, 0.25) is 0 Å². The van der Waals surface area contributed by atoms with Crippen molar-refractivity contribution in [2.75, 3.05) is 0 Å². The van der Waals surface area contributed by atoms with E-state index >= 15 is 0 Å². The molecule has 3 nitrogen and oxygen atoms in total. The van der Waals surface area contributed by atoms with Crippen molar-refractivity contribution in [1.29, 1.82) is 0 Å². The van der Waals surface area contributed by atoms with Crippen molar-refractivity contribution in [2.45, 2.75) is 0 Å². The fourth-order valence-corrected chi connectivity index (χ4v) is 2.11. The maximum Gasteiger partial charge on any atom is 0.256 e. The van der Waals surface area contributed by atoms with E-state index < -0.39 is 5.24 Å². The molecule has 0 aliphatic carbocycles. The lowest BCUT2D eigenvalue weighted by atomic mass is 10.3. The van der Waals surface area contributed by atoms with E-state index in [0.29, 0.717) is 9.26 Å². The van der Waals surface area contributed by atoms with Crippen LogP contribution in [0, 0.1) is 3.70 Å². The van der Waals surface area contributed by atoms with Crippen LogP contribution in [-0.2, 0) is 0 Å². The van der Waals surface area contributed by atoms with Crippen molar-refractivity contribution >= 4 is 39.4 Å². The average molecular weight is 333 g/mol. The van der Waals surface area contributed by atoms with Crippen molar-refractivity contribution in [1.82, 2.24) is 9.78 Å². The highest BCUT2D eigenvalue weighted by atomic mass is 127. The highest BCUT2D eigenvalue weighted by Crippen LogP contribution is 2.15. The van der Waals surface area contributed by atoms with Gasteiger partial charge in [-0.2, -0.15) is 5.10 Å². The second kappa shape index (κ2) is 4.32. The molecule has 0 bridgehead atoms. The molecule has 0 aliphatic rings. The highest BCUT2D eigenvalue weighted by Gasteiger charge is 2.12. The van der Waals surface area contributed by atoms with Crippen molar-refractivity contribution < 1.29 is 4.79 Å². The number of carbonyl (C=O) groups is 1. The molecule has 1 aromatic heterocycles. The monoisotopic (exact) mass is 332 g/mol. The first-order valence-electron chi connectivity index (χ1n) is 4.19. The molecule has 1 aromatic carbocycles. The first-order chi connectivity index (χ1) is 7.18. The normalized spacial score (nSPS) is 10.3. The molecule has 76 valence electrons. The number of hydrogen-bond donors (Lipinski definition) is 0. The molecule has 0 aliphatic heterocycles. The van der Waals surface area contributed by atoms with Crippen molar-refractivity contribution in [2.24, 2.45) is 0 Å². The van der Waals surface area contributed by atoms with Gasteiger partial charge in [-0.3, -0.25) is 4.79 Å². The van der Waals surface area contributed by atoms with Crippen LogP contribution in [-0.4, -0.2) is 15.0 Å². The number of halogens is 2. The third-order valence-corrected chi connectivity index (χ3v) is 2.90. The standard InChI is InChI=1S/C10H6ClIN2O/c11-9(15)8-6-14(13-10(8)12)7-4-2-1-3-5-7/h1-6H. The second-order valence-electron chi connectivity index (χ2n) is 2.89. The molecule has 5 heteroatoms. The smallest absolute Gasteiger partial charge is 0.256 e. The summed E-state index contributed by atoms with van der Waals surface area (Å²) >= 11 is 7.40. The zero-order chi connectivity index (χ0) is 10.8. The largest absolute Gasteiger partial charge is 0.275 e. The fourth-order valence-electron chi connectivity index (χ4n) is 1.20. The summed E-state index contributed by atoms with van der Waals surface area (Å²) in [4.78, 5) is 11.0. The Morgan fingerprint density at radius 3 is 2.53 bits per heavy atom. The molecule has 0 atom stereocenters. The number of para-hydroxylation sites is 1. The Bertz CT molecular complexity index is 495. The molecule has 1 heterocycles. The maximum absolute atomic E-state index is 11.0. The minimum absolute atomic E-state index is 0.432. The molecule has 0 N–H and O–H groups in total. The van der Waals surface area contributed by atoms with Gasteiger partial charge in [0.25, 0.3) is 5.24 Å². The molecular formula is C10H6ClIN2O. The number of hydrogen-bond acceptors (Lipinski definition) is 2. The van der Waals surface area contributed by atoms with E-state index in [-0.39, 0.29) is 0 Å². The zero-order valence-corrected chi connectivity index (χ0v) is 10.4. The van der Waals surface area contributed by atoms with Crippen molar-refractivity contribution in [3.8, 4) is 5.69 Å². The minimum Gasteiger partial charge on any atom is -0.275 e. The summed E-state index contributed by atoms with van der Waals surface area (Å²) in [5, 5.41) is 3.72.